The number of carboxylic acid groups (broad SMARTS) is 1. The van der Waals surface area contributed by atoms with Crippen molar-refractivity contribution in [2.75, 3.05) is 6.61 Å². The highest BCUT2D eigenvalue weighted by atomic mass is 16.7. The molecule has 0 saturated heterocycles. The molecule has 0 unspecified atom stereocenters. The lowest BCUT2D eigenvalue weighted by molar-refractivity contribution is -0.147. The Morgan fingerprint density at radius 2 is 2.12 bits per heavy atom. The molecule has 17 heavy (non-hydrogen) atoms. The average molecular weight is 235 g/mol. The van der Waals surface area contributed by atoms with Crippen LogP contribution in [0.2, 0.25) is 0 Å². The zero-order valence-corrected chi connectivity index (χ0v) is 9.34. The summed E-state index contributed by atoms with van der Waals surface area (Å²) >= 11 is 0. The van der Waals surface area contributed by atoms with Gasteiger partial charge in [-0.05, 0) is 24.1 Å². The second-order valence-corrected chi connectivity index (χ2v) is 3.34. The summed E-state index contributed by atoms with van der Waals surface area (Å²) in [5.74, 6) is -1.65. The lowest BCUT2D eigenvalue weighted by Gasteiger charge is -2.00. The van der Waals surface area contributed by atoms with Gasteiger partial charge >= 0.3 is 5.97 Å². The van der Waals surface area contributed by atoms with Crippen LogP contribution in [0.5, 0.6) is 0 Å². The lowest BCUT2D eigenvalue weighted by Crippen LogP contribution is -2.24. The van der Waals surface area contributed by atoms with Gasteiger partial charge in [0.05, 0.1) is 0 Å². The molecule has 5 nitrogen and oxygen atoms in total. The van der Waals surface area contributed by atoms with E-state index in [2.05, 4.69) is 4.84 Å². The van der Waals surface area contributed by atoms with Crippen molar-refractivity contribution in [1.82, 2.24) is 5.48 Å². The first kappa shape index (κ1) is 12.9. The molecule has 2 N–H and O–H groups in total. The minimum atomic E-state index is -1.15. The zero-order valence-electron chi connectivity index (χ0n) is 9.34. The summed E-state index contributed by atoms with van der Waals surface area (Å²) in [6.45, 7) is 1.36. The summed E-state index contributed by atoms with van der Waals surface area (Å²) < 4.78 is 0. The van der Waals surface area contributed by atoms with Crippen molar-refractivity contribution in [3.63, 3.8) is 0 Å². The number of hydroxylamine groups is 1. The summed E-state index contributed by atoms with van der Waals surface area (Å²) in [5.41, 5.74) is 3.96. The third kappa shape index (κ3) is 4.94. The van der Waals surface area contributed by atoms with Crippen molar-refractivity contribution in [2.45, 2.75) is 6.92 Å². The molecule has 0 aromatic heterocycles. The number of hydrogen-bond acceptors (Lipinski definition) is 3. The number of rotatable bonds is 5. The Hall–Kier alpha value is -2.14. The number of carbonyl (C=O) groups is 2. The molecular formula is C12H13NO4. The molecule has 90 valence electrons. The summed E-state index contributed by atoms with van der Waals surface area (Å²) in [5, 5.41) is 8.28. The zero-order chi connectivity index (χ0) is 12.7. The van der Waals surface area contributed by atoms with E-state index < -0.39 is 18.5 Å². The van der Waals surface area contributed by atoms with Crippen molar-refractivity contribution in [3.8, 4) is 0 Å². The van der Waals surface area contributed by atoms with E-state index in [9.17, 15) is 9.59 Å². The van der Waals surface area contributed by atoms with E-state index in [0.29, 0.717) is 0 Å². The van der Waals surface area contributed by atoms with E-state index in [4.69, 9.17) is 5.11 Å². The molecule has 0 aliphatic heterocycles. The molecule has 5 heteroatoms. The number of amides is 1. The van der Waals surface area contributed by atoms with Gasteiger partial charge in [0.1, 0.15) is 0 Å². The van der Waals surface area contributed by atoms with Gasteiger partial charge in [-0.3, -0.25) is 9.63 Å². The van der Waals surface area contributed by atoms with E-state index in [1.54, 1.807) is 6.08 Å². The van der Waals surface area contributed by atoms with E-state index >= 15 is 0 Å². The van der Waals surface area contributed by atoms with Crippen LogP contribution in [-0.2, 0) is 14.4 Å². The fraction of sp³-hybridized carbons (Fsp3) is 0.167. The highest BCUT2D eigenvalue weighted by molar-refractivity contribution is 5.91. The number of carboxylic acids is 1. The SMILES string of the molecule is Cc1ccccc1C=CC(=O)NOCC(=O)O. The highest BCUT2D eigenvalue weighted by Gasteiger charge is 1.99. The molecule has 0 spiro atoms. The van der Waals surface area contributed by atoms with Gasteiger partial charge in [0.2, 0.25) is 0 Å². The predicted molar refractivity (Wildman–Crippen MR) is 61.9 cm³/mol. The maximum absolute atomic E-state index is 11.2. The lowest BCUT2D eigenvalue weighted by atomic mass is 10.1. The molecule has 0 bridgehead atoms. The smallest absolute Gasteiger partial charge is 0.332 e. The van der Waals surface area contributed by atoms with Crippen molar-refractivity contribution in [2.24, 2.45) is 0 Å². The van der Waals surface area contributed by atoms with Crippen molar-refractivity contribution >= 4 is 18.0 Å². The molecule has 1 aromatic rings. The van der Waals surface area contributed by atoms with Gasteiger partial charge in [-0.25, -0.2) is 10.3 Å². The monoisotopic (exact) mass is 235 g/mol. The van der Waals surface area contributed by atoms with Gasteiger partial charge < -0.3 is 5.11 Å². The Morgan fingerprint density at radius 3 is 2.76 bits per heavy atom. The van der Waals surface area contributed by atoms with Gasteiger partial charge in [-0.2, -0.15) is 0 Å². The Kier molecular flexibility index (Phi) is 4.90. The quantitative estimate of drug-likeness (QED) is 0.592. The Morgan fingerprint density at radius 1 is 1.41 bits per heavy atom. The summed E-state index contributed by atoms with van der Waals surface area (Å²) in [7, 11) is 0. The van der Waals surface area contributed by atoms with Crippen molar-refractivity contribution in [1.29, 1.82) is 0 Å². The van der Waals surface area contributed by atoms with Crippen LogP contribution < -0.4 is 5.48 Å². The van der Waals surface area contributed by atoms with Crippen LogP contribution in [0.1, 0.15) is 11.1 Å². The molecule has 0 fully saturated rings. The summed E-state index contributed by atoms with van der Waals surface area (Å²) in [4.78, 5) is 25.7. The second kappa shape index (κ2) is 6.44. The van der Waals surface area contributed by atoms with Crippen molar-refractivity contribution in [3.05, 3.63) is 41.5 Å². The molecule has 1 aromatic carbocycles. The van der Waals surface area contributed by atoms with Gasteiger partial charge in [-0.15, -0.1) is 0 Å². The Labute approximate surface area is 98.7 Å². The predicted octanol–water partition coefficient (Wildman–Crippen LogP) is 1.14. The number of benzene rings is 1. The maximum atomic E-state index is 11.2. The third-order valence-corrected chi connectivity index (χ3v) is 1.97. The molecule has 0 heterocycles. The normalized spacial score (nSPS) is 10.4. The first-order valence-corrected chi connectivity index (χ1v) is 4.97. The first-order valence-electron chi connectivity index (χ1n) is 4.97. The molecule has 0 atom stereocenters. The molecule has 0 saturated carbocycles. The van der Waals surface area contributed by atoms with Crippen LogP contribution in [-0.4, -0.2) is 23.6 Å². The van der Waals surface area contributed by atoms with Crippen LogP contribution in [0, 0.1) is 6.92 Å². The number of nitrogens with one attached hydrogen (secondary N) is 1. The van der Waals surface area contributed by atoms with Crippen LogP contribution in [0.25, 0.3) is 6.08 Å². The molecule has 0 aliphatic rings. The largest absolute Gasteiger partial charge is 0.479 e. The summed E-state index contributed by atoms with van der Waals surface area (Å²) in [6.07, 6.45) is 2.92. The van der Waals surface area contributed by atoms with Crippen LogP contribution >= 0.6 is 0 Å². The van der Waals surface area contributed by atoms with Crippen molar-refractivity contribution < 1.29 is 19.5 Å². The van der Waals surface area contributed by atoms with Crippen LogP contribution in [0.4, 0.5) is 0 Å². The molecule has 0 aliphatic carbocycles. The minimum Gasteiger partial charge on any atom is -0.479 e. The Bertz CT molecular complexity index is 440. The summed E-state index contributed by atoms with van der Waals surface area (Å²) in [6, 6.07) is 7.57. The number of aliphatic carboxylic acids is 1. The topological polar surface area (TPSA) is 75.6 Å². The van der Waals surface area contributed by atoms with Gasteiger partial charge in [0.15, 0.2) is 6.61 Å². The van der Waals surface area contributed by atoms with E-state index in [1.165, 1.54) is 6.08 Å². The average Bonchev–Trinajstić information content (AvgIpc) is 2.27. The van der Waals surface area contributed by atoms with Gasteiger partial charge in [0, 0.05) is 6.08 Å². The first-order chi connectivity index (χ1) is 8.09. The Balaban J connectivity index is 2.46. The second-order valence-electron chi connectivity index (χ2n) is 3.34. The molecular weight excluding hydrogens is 222 g/mol. The van der Waals surface area contributed by atoms with E-state index in [0.717, 1.165) is 11.1 Å². The highest BCUT2D eigenvalue weighted by Crippen LogP contribution is 2.08. The fourth-order valence-electron chi connectivity index (χ4n) is 1.14. The number of carbonyl (C=O) groups excluding carboxylic acids is 1. The number of hydrogen-bond donors (Lipinski definition) is 2. The van der Waals surface area contributed by atoms with Crippen LogP contribution in [0.3, 0.4) is 0 Å². The van der Waals surface area contributed by atoms with Gasteiger partial charge in [0.25, 0.3) is 5.91 Å². The maximum Gasteiger partial charge on any atom is 0.332 e. The molecule has 1 amide bonds. The molecule has 0 radical (unpaired) electrons. The fourth-order valence-corrected chi connectivity index (χ4v) is 1.14. The third-order valence-electron chi connectivity index (χ3n) is 1.97. The number of aryl methyl sites for hydroxylation is 1. The van der Waals surface area contributed by atoms with E-state index in [1.807, 2.05) is 36.7 Å². The van der Waals surface area contributed by atoms with E-state index in [-0.39, 0.29) is 0 Å². The standard InChI is InChI=1S/C12H13NO4/c1-9-4-2-3-5-10(9)6-7-11(14)13-17-8-12(15)16/h2-7H,8H2,1H3,(H,13,14)(H,15,16). The van der Waals surface area contributed by atoms with Gasteiger partial charge in [-0.1, -0.05) is 24.3 Å². The molecule has 1 rings (SSSR count). The minimum absolute atomic E-state index is 0.505. The van der Waals surface area contributed by atoms with Crippen LogP contribution in [0.15, 0.2) is 30.3 Å².